The van der Waals surface area contributed by atoms with E-state index in [2.05, 4.69) is 21.1 Å². The maximum Gasteiger partial charge on any atom is 0.301 e. The van der Waals surface area contributed by atoms with Gasteiger partial charge in [0.2, 0.25) is 0 Å². The largest absolute Gasteiger partial charge is 0.301 e. The van der Waals surface area contributed by atoms with Crippen LogP contribution in [0.4, 0.5) is 34.1 Å². The van der Waals surface area contributed by atoms with Gasteiger partial charge in [0.1, 0.15) is 22.8 Å². The van der Waals surface area contributed by atoms with Crippen molar-refractivity contribution in [1.29, 1.82) is 0 Å². The lowest BCUT2D eigenvalue weighted by molar-refractivity contribution is -0.393. The quantitative estimate of drug-likeness (QED) is 0.0848. The van der Waals surface area contributed by atoms with Crippen molar-refractivity contribution in [3.63, 3.8) is 0 Å². The molecule has 5 rings (SSSR count). The zero-order valence-electron chi connectivity index (χ0n) is 24.4. The van der Waals surface area contributed by atoms with Gasteiger partial charge in [-0.3, -0.25) is 51.3 Å². The van der Waals surface area contributed by atoms with Crippen molar-refractivity contribution in [2.75, 3.05) is 10.9 Å². The number of hydrogen-bond donors (Lipinski definition) is 2. The summed E-state index contributed by atoms with van der Waals surface area (Å²) in [6.07, 6.45) is 0. The Kier molecular flexibility index (Phi) is 9.41. The van der Waals surface area contributed by atoms with Gasteiger partial charge in [0, 0.05) is 23.3 Å². The maximum atomic E-state index is 11.7. The fourth-order valence-electron chi connectivity index (χ4n) is 4.42. The number of anilines is 2. The standard InChI is InChI=1S/C31H21N9O8/c41-37(42)22-14-16-24(28(18-22)39(45)46)33-35-30(20-8-3-1-4-9-20)26-12-7-13-27(32-26)31(21-10-5-2-6-11-21)36-34-25-17-15-23(38(43)44)19-29(25)40(47)48/h1-19,33-34H/b35-30+,36-31+. The van der Waals surface area contributed by atoms with Gasteiger partial charge in [-0.05, 0) is 24.3 Å². The van der Waals surface area contributed by atoms with Crippen LogP contribution in [0.5, 0.6) is 0 Å². The van der Waals surface area contributed by atoms with Gasteiger partial charge in [-0.25, -0.2) is 4.98 Å². The summed E-state index contributed by atoms with van der Waals surface area (Å²) in [4.78, 5) is 47.5. The molecule has 0 aliphatic heterocycles. The van der Waals surface area contributed by atoms with Crippen LogP contribution in [0.15, 0.2) is 125 Å². The van der Waals surface area contributed by atoms with E-state index in [1.54, 1.807) is 78.9 Å². The molecule has 0 spiro atoms. The first kappa shape index (κ1) is 32.0. The van der Waals surface area contributed by atoms with E-state index in [1.165, 1.54) is 12.1 Å². The number of nitrogens with one attached hydrogen (secondary N) is 2. The Bertz CT molecular complexity index is 1960. The first-order chi connectivity index (χ1) is 23.1. The van der Waals surface area contributed by atoms with Crippen LogP contribution in [0.1, 0.15) is 22.5 Å². The van der Waals surface area contributed by atoms with Gasteiger partial charge in [0.25, 0.3) is 11.4 Å². The molecule has 2 N–H and O–H groups in total. The van der Waals surface area contributed by atoms with Gasteiger partial charge in [-0.15, -0.1) is 0 Å². The van der Waals surface area contributed by atoms with Crippen molar-refractivity contribution >= 4 is 45.5 Å². The molecule has 0 atom stereocenters. The molecule has 0 aliphatic carbocycles. The minimum atomic E-state index is -0.767. The van der Waals surface area contributed by atoms with Gasteiger partial charge >= 0.3 is 11.4 Å². The highest BCUT2D eigenvalue weighted by Gasteiger charge is 2.22. The lowest BCUT2D eigenvalue weighted by atomic mass is 10.0. The average Bonchev–Trinajstić information content (AvgIpc) is 3.09. The second-order valence-electron chi connectivity index (χ2n) is 9.72. The molecule has 0 saturated carbocycles. The van der Waals surface area contributed by atoms with E-state index in [9.17, 15) is 40.5 Å². The van der Waals surface area contributed by atoms with Gasteiger partial charge in [-0.2, -0.15) is 10.2 Å². The number of nitrogens with zero attached hydrogens (tertiary/aromatic N) is 7. The lowest BCUT2D eigenvalue weighted by Crippen LogP contribution is -2.14. The molecule has 0 bridgehead atoms. The topological polar surface area (TPSA) is 234 Å². The van der Waals surface area contributed by atoms with Crippen molar-refractivity contribution in [3.05, 3.63) is 178 Å². The normalized spacial score (nSPS) is 11.4. The number of aromatic nitrogens is 1. The Labute approximate surface area is 269 Å². The molecule has 0 saturated heterocycles. The summed E-state index contributed by atoms with van der Waals surface area (Å²) in [6, 6.07) is 28.7. The van der Waals surface area contributed by atoms with Crippen LogP contribution < -0.4 is 10.9 Å². The summed E-state index contributed by atoms with van der Waals surface area (Å²) in [5.41, 5.74) is 5.24. The minimum absolute atomic E-state index is 0.101. The third-order valence-electron chi connectivity index (χ3n) is 6.68. The van der Waals surface area contributed by atoms with Crippen LogP contribution in [0.3, 0.4) is 0 Å². The van der Waals surface area contributed by atoms with Crippen molar-refractivity contribution < 1.29 is 19.7 Å². The highest BCUT2D eigenvalue weighted by atomic mass is 16.6. The molecular formula is C31H21N9O8. The summed E-state index contributed by atoms with van der Waals surface area (Å²) in [5.74, 6) is 0. The van der Waals surface area contributed by atoms with Crippen molar-refractivity contribution in [2.45, 2.75) is 0 Å². The number of rotatable bonds is 12. The molecule has 1 aromatic heterocycles. The lowest BCUT2D eigenvalue weighted by Gasteiger charge is -2.12. The fraction of sp³-hybridized carbons (Fsp3) is 0. The summed E-state index contributed by atoms with van der Waals surface area (Å²) in [6.45, 7) is 0. The van der Waals surface area contributed by atoms with Crippen molar-refractivity contribution in [1.82, 2.24) is 4.98 Å². The fourth-order valence-corrected chi connectivity index (χ4v) is 4.42. The molecular weight excluding hydrogens is 626 g/mol. The summed E-state index contributed by atoms with van der Waals surface area (Å²) < 4.78 is 0. The molecule has 0 radical (unpaired) electrons. The molecule has 0 fully saturated rings. The summed E-state index contributed by atoms with van der Waals surface area (Å²) in [5, 5.41) is 54.6. The molecule has 4 aromatic carbocycles. The van der Waals surface area contributed by atoms with E-state index in [1.807, 2.05) is 0 Å². The van der Waals surface area contributed by atoms with Crippen molar-refractivity contribution in [3.8, 4) is 0 Å². The van der Waals surface area contributed by atoms with E-state index in [4.69, 9.17) is 4.98 Å². The Balaban J connectivity index is 1.59. The predicted molar refractivity (Wildman–Crippen MR) is 175 cm³/mol. The number of pyridine rings is 1. The van der Waals surface area contributed by atoms with Gasteiger partial charge in [0.05, 0.1) is 43.2 Å². The van der Waals surface area contributed by atoms with Crippen LogP contribution in [-0.2, 0) is 0 Å². The monoisotopic (exact) mass is 647 g/mol. The molecule has 5 aromatic rings. The zero-order valence-corrected chi connectivity index (χ0v) is 24.4. The number of hydrazone groups is 2. The minimum Gasteiger partial charge on any atom is -0.271 e. The maximum absolute atomic E-state index is 11.7. The molecule has 17 heteroatoms. The first-order valence-corrected chi connectivity index (χ1v) is 13.7. The van der Waals surface area contributed by atoms with Crippen LogP contribution in [0.25, 0.3) is 0 Å². The van der Waals surface area contributed by atoms with E-state index in [0.29, 0.717) is 22.5 Å². The number of nitro groups is 4. The Morgan fingerprint density at radius 1 is 0.500 bits per heavy atom. The molecule has 0 amide bonds. The van der Waals surface area contributed by atoms with Crippen LogP contribution in [0.2, 0.25) is 0 Å². The zero-order chi connectivity index (χ0) is 34.2. The van der Waals surface area contributed by atoms with Crippen LogP contribution in [0, 0.1) is 40.5 Å². The van der Waals surface area contributed by atoms with Gasteiger partial charge in [-0.1, -0.05) is 66.7 Å². The third-order valence-corrected chi connectivity index (χ3v) is 6.68. The smallest absolute Gasteiger partial charge is 0.271 e. The molecule has 0 unspecified atom stereocenters. The van der Waals surface area contributed by atoms with E-state index in [0.717, 1.165) is 24.3 Å². The molecule has 238 valence electrons. The predicted octanol–water partition coefficient (Wildman–Crippen LogP) is 6.44. The highest BCUT2D eigenvalue weighted by molar-refractivity contribution is 6.15. The van der Waals surface area contributed by atoms with E-state index >= 15 is 0 Å². The summed E-state index contributed by atoms with van der Waals surface area (Å²) in [7, 11) is 0. The van der Waals surface area contributed by atoms with Gasteiger partial charge in [0.15, 0.2) is 0 Å². The van der Waals surface area contributed by atoms with E-state index < -0.39 is 42.4 Å². The summed E-state index contributed by atoms with van der Waals surface area (Å²) >= 11 is 0. The highest BCUT2D eigenvalue weighted by Crippen LogP contribution is 2.30. The number of non-ortho nitro benzene ring substituents is 2. The van der Waals surface area contributed by atoms with Crippen molar-refractivity contribution in [2.24, 2.45) is 10.2 Å². The number of hydrogen-bond acceptors (Lipinski definition) is 13. The number of benzene rings is 4. The molecule has 1 heterocycles. The Morgan fingerprint density at radius 3 is 1.25 bits per heavy atom. The second kappa shape index (κ2) is 14.1. The van der Waals surface area contributed by atoms with Crippen LogP contribution in [-0.4, -0.2) is 36.1 Å². The third kappa shape index (κ3) is 7.26. The van der Waals surface area contributed by atoms with Gasteiger partial charge < -0.3 is 0 Å². The Hall–Kier alpha value is -7.43. The average molecular weight is 648 g/mol. The number of nitro benzene ring substituents is 4. The Morgan fingerprint density at radius 2 is 0.896 bits per heavy atom. The molecule has 48 heavy (non-hydrogen) atoms. The first-order valence-electron chi connectivity index (χ1n) is 13.7. The SMILES string of the molecule is O=[N+]([O-])c1ccc(N/N=C(\c2ccccc2)c2cccc(/C(=N/Nc3ccc([N+](=O)[O-])cc3[N+](=O)[O-])c3ccccc3)n2)c([N+](=O)[O-])c1. The molecule has 17 nitrogen and oxygen atoms in total. The molecule has 0 aliphatic rings. The van der Waals surface area contributed by atoms with E-state index in [-0.39, 0.29) is 22.8 Å². The van der Waals surface area contributed by atoms with Crippen LogP contribution >= 0.6 is 0 Å². The second-order valence-corrected chi connectivity index (χ2v) is 9.72.